The summed E-state index contributed by atoms with van der Waals surface area (Å²) in [6.45, 7) is 0.141. The summed E-state index contributed by atoms with van der Waals surface area (Å²) in [5, 5.41) is 10.6. The molecule has 7 rings (SSSR count). The Bertz CT molecular complexity index is 1580. The maximum atomic E-state index is 14.5. The van der Waals surface area contributed by atoms with E-state index in [1.165, 1.54) is 4.90 Å². The van der Waals surface area contributed by atoms with Crippen molar-refractivity contribution in [3.8, 4) is 11.5 Å². The van der Waals surface area contributed by atoms with Gasteiger partial charge in [-0.15, -0.1) is 0 Å². The van der Waals surface area contributed by atoms with Crippen molar-refractivity contribution in [3.05, 3.63) is 120 Å². The first-order valence-corrected chi connectivity index (χ1v) is 14.1. The van der Waals surface area contributed by atoms with E-state index in [1.54, 1.807) is 9.80 Å². The Morgan fingerprint density at radius 3 is 1.79 bits per heavy atom. The molecule has 42 heavy (non-hydrogen) atoms. The van der Waals surface area contributed by atoms with Crippen LogP contribution in [-0.2, 0) is 9.59 Å². The number of hydrogen-bond acceptors (Lipinski definition) is 4. The molecule has 4 aromatic rings. The molecule has 3 heterocycles. The Hall–Kier alpha value is -5.11. The fourth-order valence-corrected chi connectivity index (χ4v) is 6.73. The van der Waals surface area contributed by atoms with E-state index in [9.17, 15) is 19.5 Å². The fourth-order valence-electron chi connectivity index (χ4n) is 6.73. The van der Waals surface area contributed by atoms with Gasteiger partial charge >= 0.3 is 12.0 Å². The molecule has 0 aromatic heterocycles. The molecule has 2 saturated heterocycles. The fraction of sp³-hybridized carbons (Fsp3) is 0.206. The van der Waals surface area contributed by atoms with Crippen molar-refractivity contribution in [1.29, 1.82) is 0 Å². The second kappa shape index (κ2) is 10.4. The summed E-state index contributed by atoms with van der Waals surface area (Å²) in [5.41, 5.74) is 2.79. The van der Waals surface area contributed by atoms with Crippen LogP contribution in [-0.4, -0.2) is 57.5 Å². The number of fused-ring (bicyclic) bond motifs is 4. The zero-order valence-corrected chi connectivity index (χ0v) is 22.7. The van der Waals surface area contributed by atoms with Crippen molar-refractivity contribution in [2.75, 3.05) is 11.4 Å². The molecule has 2 fully saturated rings. The number of carboxylic acid groups (broad SMARTS) is 1. The van der Waals surface area contributed by atoms with Gasteiger partial charge in [-0.2, -0.15) is 0 Å². The number of ether oxygens (including phenoxy) is 1. The molecule has 1 N–H and O–H groups in total. The largest absolute Gasteiger partial charge is 0.480 e. The second-order valence-corrected chi connectivity index (χ2v) is 10.9. The van der Waals surface area contributed by atoms with Gasteiger partial charge in [0.15, 0.2) is 11.5 Å². The molecule has 0 aliphatic carbocycles. The Morgan fingerprint density at radius 1 is 0.714 bits per heavy atom. The van der Waals surface area contributed by atoms with Crippen molar-refractivity contribution < 1.29 is 24.2 Å². The Balaban J connectivity index is 1.26. The smallest absolute Gasteiger partial charge is 0.330 e. The molecule has 0 radical (unpaired) electrons. The van der Waals surface area contributed by atoms with Crippen LogP contribution in [0.5, 0.6) is 11.5 Å². The third-order valence-electron chi connectivity index (χ3n) is 8.55. The van der Waals surface area contributed by atoms with E-state index in [0.717, 1.165) is 11.1 Å². The summed E-state index contributed by atoms with van der Waals surface area (Å²) in [4.78, 5) is 46.6. The first-order chi connectivity index (χ1) is 20.5. The highest BCUT2D eigenvalue weighted by Gasteiger charge is 2.55. The standard InChI is InChI=1S/C34H29N3O5/c38-32(30(22-11-3-1-4-12-22)23-13-5-2-6-14-23)35-21-24-19-20-27(31(35)33(39)40)36(24)34(41)37-25-15-7-9-17-28(25)42-29-18-10-8-16-26(29)37/h1-18,24,27,30-31H,19-21H2,(H,39,40)/t24-,27?,31-/m0/s1. The van der Waals surface area contributed by atoms with Gasteiger partial charge in [0, 0.05) is 6.54 Å². The van der Waals surface area contributed by atoms with Gasteiger partial charge in [-0.1, -0.05) is 84.9 Å². The van der Waals surface area contributed by atoms with E-state index < -0.39 is 24.0 Å². The molecule has 1 unspecified atom stereocenters. The van der Waals surface area contributed by atoms with Crippen LogP contribution >= 0.6 is 0 Å². The molecule has 0 spiro atoms. The first kappa shape index (κ1) is 25.8. The topological polar surface area (TPSA) is 90.4 Å². The van der Waals surface area contributed by atoms with Crippen LogP contribution in [0.4, 0.5) is 16.2 Å². The minimum Gasteiger partial charge on any atom is -0.480 e. The maximum absolute atomic E-state index is 14.5. The number of carboxylic acids is 1. The molecule has 0 saturated carbocycles. The lowest BCUT2D eigenvalue weighted by atomic mass is 9.88. The number of amides is 3. The van der Waals surface area contributed by atoms with Crippen LogP contribution in [0.15, 0.2) is 109 Å². The third kappa shape index (κ3) is 4.18. The third-order valence-corrected chi connectivity index (χ3v) is 8.55. The number of nitrogens with zero attached hydrogens (tertiary/aromatic N) is 3. The number of rotatable bonds is 4. The predicted octanol–water partition coefficient (Wildman–Crippen LogP) is 6.01. The molecule has 4 aromatic carbocycles. The molecule has 8 heteroatoms. The van der Waals surface area contributed by atoms with E-state index in [4.69, 9.17) is 4.74 Å². The number of piperazine rings is 1. The minimum absolute atomic E-state index is 0.141. The molecule has 3 aliphatic rings. The lowest BCUT2D eigenvalue weighted by molar-refractivity contribution is -0.156. The predicted molar refractivity (Wildman–Crippen MR) is 157 cm³/mol. The average molecular weight is 560 g/mol. The minimum atomic E-state index is -1.18. The zero-order chi connectivity index (χ0) is 28.8. The number of para-hydroxylation sites is 4. The highest BCUT2D eigenvalue weighted by molar-refractivity contribution is 6.04. The van der Waals surface area contributed by atoms with Gasteiger partial charge in [-0.05, 0) is 48.2 Å². The summed E-state index contributed by atoms with van der Waals surface area (Å²) in [7, 11) is 0. The maximum Gasteiger partial charge on any atom is 0.330 e. The summed E-state index contributed by atoms with van der Waals surface area (Å²) < 4.78 is 6.07. The molecular weight excluding hydrogens is 530 g/mol. The van der Waals surface area contributed by atoms with Crippen LogP contribution in [0.25, 0.3) is 0 Å². The molecule has 3 atom stereocenters. The monoisotopic (exact) mass is 559 g/mol. The van der Waals surface area contributed by atoms with Gasteiger partial charge in [0.2, 0.25) is 5.91 Å². The molecule has 210 valence electrons. The summed E-state index contributed by atoms with van der Waals surface area (Å²) >= 11 is 0. The highest BCUT2D eigenvalue weighted by Crippen LogP contribution is 2.48. The molecular formula is C34H29N3O5. The van der Waals surface area contributed by atoms with Gasteiger partial charge in [-0.25, -0.2) is 9.59 Å². The van der Waals surface area contributed by atoms with Gasteiger partial charge in [0.05, 0.1) is 29.4 Å². The molecule has 2 bridgehead atoms. The number of benzene rings is 4. The molecule has 8 nitrogen and oxygen atoms in total. The van der Waals surface area contributed by atoms with Crippen molar-refractivity contribution in [2.45, 2.75) is 36.9 Å². The number of urea groups is 1. The van der Waals surface area contributed by atoms with Crippen molar-refractivity contribution in [2.24, 2.45) is 0 Å². The summed E-state index contributed by atoms with van der Waals surface area (Å²) in [6.07, 6.45) is 1.10. The number of likely N-dealkylation sites (tertiary alicyclic amines) is 1. The van der Waals surface area contributed by atoms with Crippen LogP contribution in [0.2, 0.25) is 0 Å². The number of carbonyl (C=O) groups is 3. The van der Waals surface area contributed by atoms with E-state index in [-0.39, 0.29) is 24.5 Å². The number of anilines is 2. The average Bonchev–Trinajstić information content (AvgIpc) is 3.32. The molecule has 3 aliphatic heterocycles. The van der Waals surface area contributed by atoms with Gasteiger partial charge in [0.1, 0.15) is 6.04 Å². The Morgan fingerprint density at radius 2 is 1.24 bits per heavy atom. The summed E-state index contributed by atoms with van der Waals surface area (Å²) in [5.74, 6) is -0.947. The van der Waals surface area contributed by atoms with Crippen LogP contribution in [0.1, 0.15) is 29.9 Å². The van der Waals surface area contributed by atoms with E-state index >= 15 is 0 Å². The van der Waals surface area contributed by atoms with Crippen molar-refractivity contribution in [3.63, 3.8) is 0 Å². The normalized spacial score (nSPS) is 20.5. The van der Waals surface area contributed by atoms with E-state index in [1.807, 2.05) is 109 Å². The molecule has 3 amide bonds. The van der Waals surface area contributed by atoms with Crippen LogP contribution in [0.3, 0.4) is 0 Å². The highest BCUT2D eigenvalue weighted by atomic mass is 16.5. The van der Waals surface area contributed by atoms with Gasteiger partial charge in [-0.3, -0.25) is 9.69 Å². The van der Waals surface area contributed by atoms with E-state index in [2.05, 4.69) is 0 Å². The first-order valence-electron chi connectivity index (χ1n) is 14.1. The zero-order valence-electron chi connectivity index (χ0n) is 22.7. The SMILES string of the molecule is O=C(O)[C@@H]1C2CC[C@@H](CN1C(=O)C(c1ccccc1)c1ccccc1)N2C(=O)N1c2ccccc2Oc2ccccc21. The Kier molecular flexibility index (Phi) is 6.38. The number of aliphatic carboxylic acids is 1. The van der Waals surface area contributed by atoms with Crippen LogP contribution in [0, 0.1) is 0 Å². The second-order valence-electron chi connectivity index (χ2n) is 10.9. The number of carbonyl (C=O) groups excluding carboxylic acids is 2. The van der Waals surface area contributed by atoms with Gasteiger partial charge < -0.3 is 19.6 Å². The lowest BCUT2D eigenvalue weighted by Gasteiger charge is -2.47. The quantitative estimate of drug-likeness (QED) is 0.331. The Labute approximate surface area is 243 Å². The van der Waals surface area contributed by atoms with Crippen molar-refractivity contribution >= 4 is 29.3 Å². The van der Waals surface area contributed by atoms with Crippen LogP contribution < -0.4 is 9.64 Å². The lowest BCUT2D eigenvalue weighted by Crippen LogP contribution is -2.66. The van der Waals surface area contributed by atoms with Gasteiger partial charge in [0.25, 0.3) is 0 Å². The number of hydrogen-bond donors (Lipinski definition) is 1. The van der Waals surface area contributed by atoms with Crippen molar-refractivity contribution in [1.82, 2.24) is 9.80 Å². The summed E-state index contributed by atoms with van der Waals surface area (Å²) in [6, 6.07) is 31.0. The van der Waals surface area contributed by atoms with E-state index in [0.29, 0.717) is 35.7 Å².